The monoisotopic (exact) mass is 210 g/mol. The fraction of sp³-hybridized carbons (Fsp3) is 0. The highest BCUT2D eigenvalue weighted by atomic mass is 16.3. The van der Waals surface area contributed by atoms with E-state index in [1.54, 1.807) is 12.3 Å². The first kappa shape index (κ1) is 8.91. The second-order valence-electron chi connectivity index (χ2n) is 3.53. The maximum atomic E-state index is 12.2. The summed E-state index contributed by atoms with van der Waals surface area (Å²) in [5.74, 6) is 0.00384. The molecule has 16 heavy (non-hydrogen) atoms. The lowest BCUT2D eigenvalue weighted by Crippen LogP contribution is -1.81. The van der Waals surface area contributed by atoms with E-state index < -0.39 is 0 Å². The molecule has 2 aromatic carbocycles. The Morgan fingerprint density at radius 3 is 2.75 bits per heavy atom. The maximum Gasteiger partial charge on any atom is 0.195 e. The molecule has 3 rings (SSSR count). The molecule has 3 aromatic rings. The van der Waals surface area contributed by atoms with Crippen LogP contribution in [0.4, 0.5) is 0 Å². The van der Waals surface area contributed by atoms with Crippen molar-refractivity contribution in [3.63, 3.8) is 0 Å². The minimum Gasteiger partial charge on any atom is -0.289 e. The van der Waals surface area contributed by atoms with Crippen LogP contribution < -0.4 is 0 Å². The molecule has 4 nitrogen and oxygen atoms in total. The molecule has 0 bridgehead atoms. The van der Waals surface area contributed by atoms with E-state index in [-0.39, 0.29) is 5.75 Å². The number of hydrogen-bond donors (Lipinski definition) is 1. The number of rotatable bonds is 1. The summed E-state index contributed by atoms with van der Waals surface area (Å²) in [5, 5.41) is 23.8. The summed E-state index contributed by atoms with van der Waals surface area (Å²) in [6, 6.07) is 11.2. The van der Waals surface area contributed by atoms with Gasteiger partial charge in [-0.05, 0) is 11.5 Å². The van der Waals surface area contributed by atoms with Crippen molar-refractivity contribution in [3.8, 4) is 17.0 Å². The molecular formula is C12H8N3O. The van der Waals surface area contributed by atoms with Crippen molar-refractivity contribution in [1.82, 2.24) is 15.4 Å². The lowest BCUT2D eigenvalue weighted by atomic mass is 10.0. The van der Waals surface area contributed by atoms with Crippen molar-refractivity contribution in [1.29, 1.82) is 0 Å². The van der Waals surface area contributed by atoms with Crippen molar-refractivity contribution < 1.29 is 5.11 Å². The summed E-state index contributed by atoms with van der Waals surface area (Å²) >= 11 is 0. The topological polar surface area (TPSA) is 61.5 Å². The summed E-state index contributed by atoms with van der Waals surface area (Å²) in [6.07, 6.45) is 1.55. The van der Waals surface area contributed by atoms with E-state index in [0.29, 0.717) is 11.3 Å². The highest BCUT2D eigenvalue weighted by Crippen LogP contribution is 2.34. The van der Waals surface area contributed by atoms with Crippen LogP contribution >= 0.6 is 0 Å². The third-order valence-corrected chi connectivity index (χ3v) is 2.58. The number of aromatic nitrogens is 3. The first-order valence-electron chi connectivity index (χ1n) is 4.91. The van der Waals surface area contributed by atoms with Gasteiger partial charge in [-0.1, -0.05) is 35.5 Å². The largest absolute Gasteiger partial charge is 0.289 e. The van der Waals surface area contributed by atoms with E-state index in [4.69, 9.17) is 0 Å². The molecule has 0 saturated heterocycles. The van der Waals surface area contributed by atoms with E-state index in [1.165, 1.54) is 0 Å². The normalized spacial score (nSPS) is 10.8. The average molecular weight is 210 g/mol. The fourth-order valence-electron chi connectivity index (χ4n) is 1.78. The number of H-pyrrole nitrogens is 1. The maximum absolute atomic E-state index is 12.2. The molecule has 4 heteroatoms. The van der Waals surface area contributed by atoms with Gasteiger partial charge in [-0.15, -0.1) is 5.10 Å². The molecule has 0 amide bonds. The molecule has 0 unspecified atom stereocenters. The zero-order valence-electron chi connectivity index (χ0n) is 8.34. The van der Waals surface area contributed by atoms with Crippen LogP contribution in [0.2, 0.25) is 0 Å². The van der Waals surface area contributed by atoms with Gasteiger partial charge in [-0.3, -0.25) is 10.2 Å². The minimum atomic E-state index is 0.00384. The number of benzene rings is 2. The van der Waals surface area contributed by atoms with Crippen molar-refractivity contribution in [2.75, 3.05) is 0 Å². The molecule has 0 fully saturated rings. The Balaban J connectivity index is 2.32. The van der Waals surface area contributed by atoms with Gasteiger partial charge in [0.05, 0.1) is 11.9 Å². The molecule has 0 spiro atoms. The number of nitrogens with zero attached hydrogens (tertiary/aromatic N) is 2. The highest BCUT2D eigenvalue weighted by Gasteiger charge is 2.10. The van der Waals surface area contributed by atoms with Gasteiger partial charge in [0.15, 0.2) is 5.75 Å². The van der Waals surface area contributed by atoms with Gasteiger partial charge >= 0.3 is 0 Å². The fourth-order valence-corrected chi connectivity index (χ4v) is 1.78. The number of hydrogen-bond acceptors (Lipinski definition) is 2. The van der Waals surface area contributed by atoms with E-state index in [2.05, 4.69) is 15.4 Å². The van der Waals surface area contributed by atoms with E-state index in [1.807, 2.05) is 30.3 Å². The quantitative estimate of drug-likeness (QED) is 0.671. The Hall–Kier alpha value is -2.36. The number of aromatic amines is 1. The van der Waals surface area contributed by atoms with Crippen LogP contribution in [-0.2, 0) is 5.11 Å². The van der Waals surface area contributed by atoms with E-state index in [9.17, 15) is 5.11 Å². The second-order valence-corrected chi connectivity index (χ2v) is 3.53. The third-order valence-electron chi connectivity index (χ3n) is 2.58. The number of fused-ring (bicyclic) bond motifs is 1. The summed E-state index contributed by atoms with van der Waals surface area (Å²) in [4.78, 5) is 0. The van der Waals surface area contributed by atoms with Gasteiger partial charge < -0.3 is 0 Å². The first-order valence-corrected chi connectivity index (χ1v) is 4.91. The molecule has 0 aliphatic carbocycles. The molecular weight excluding hydrogens is 202 g/mol. The van der Waals surface area contributed by atoms with Gasteiger partial charge in [0.25, 0.3) is 0 Å². The summed E-state index contributed by atoms with van der Waals surface area (Å²) in [5.41, 5.74) is 1.25. The lowest BCUT2D eigenvalue weighted by Gasteiger charge is -2.02. The van der Waals surface area contributed by atoms with E-state index >= 15 is 0 Å². The average Bonchev–Trinajstić information content (AvgIpc) is 2.83. The van der Waals surface area contributed by atoms with Crippen molar-refractivity contribution in [2.24, 2.45) is 0 Å². The zero-order valence-corrected chi connectivity index (χ0v) is 8.34. The Labute approximate surface area is 91.5 Å². The van der Waals surface area contributed by atoms with Crippen LogP contribution in [0.3, 0.4) is 0 Å². The molecule has 1 heterocycles. The Morgan fingerprint density at radius 1 is 1.06 bits per heavy atom. The minimum absolute atomic E-state index is 0.00384. The van der Waals surface area contributed by atoms with E-state index in [0.717, 1.165) is 10.8 Å². The van der Waals surface area contributed by atoms with Crippen molar-refractivity contribution in [3.05, 3.63) is 42.6 Å². The highest BCUT2D eigenvalue weighted by molar-refractivity contribution is 5.93. The molecule has 1 N–H and O–H groups in total. The Kier molecular flexibility index (Phi) is 1.86. The second kappa shape index (κ2) is 3.34. The summed E-state index contributed by atoms with van der Waals surface area (Å²) < 4.78 is 0. The molecule has 1 aromatic heterocycles. The molecule has 0 atom stereocenters. The molecule has 0 saturated carbocycles. The van der Waals surface area contributed by atoms with Crippen LogP contribution in [0.25, 0.3) is 22.0 Å². The van der Waals surface area contributed by atoms with Crippen LogP contribution in [0.15, 0.2) is 42.6 Å². The van der Waals surface area contributed by atoms with Crippen LogP contribution in [0.5, 0.6) is 5.75 Å². The summed E-state index contributed by atoms with van der Waals surface area (Å²) in [6.45, 7) is 0. The van der Waals surface area contributed by atoms with Gasteiger partial charge in [0, 0.05) is 10.9 Å². The standard InChI is InChI=1S/C12H8N3O/c16-12-9-4-2-1-3-8(9)5-6-10(12)11-7-13-15-14-11/h1-7H,(H,13,14,15). The van der Waals surface area contributed by atoms with Crippen molar-refractivity contribution in [2.45, 2.75) is 0 Å². The first-order chi connectivity index (χ1) is 7.86. The van der Waals surface area contributed by atoms with Gasteiger partial charge in [-0.25, -0.2) is 0 Å². The molecule has 77 valence electrons. The smallest absolute Gasteiger partial charge is 0.195 e. The van der Waals surface area contributed by atoms with Crippen molar-refractivity contribution >= 4 is 10.8 Å². The predicted octanol–water partition coefficient (Wildman–Crippen LogP) is 2.77. The third kappa shape index (κ3) is 1.24. The number of nitrogens with one attached hydrogen (secondary N) is 1. The molecule has 0 aliphatic rings. The predicted molar refractivity (Wildman–Crippen MR) is 59.5 cm³/mol. The van der Waals surface area contributed by atoms with Gasteiger partial charge in [0.1, 0.15) is 0 Å². The Morgan fingerprint density at radius 2 is 1.94 bits per heavy atom. The lowest BCUT2D eigenvalue weighted by molar-refractivity contribution is 0.362. The molecule has 0 aliphatic heterocycles. The SMILES string of the molecule is [O]c1c(-c2cnn[nH]2)ccc2ccccc12. The zero-order chi connectivity index (χ0) is 11.0. The van der Waals surface area contributed by atoms with Crippen LogP contribution in [0, 0.1) is 0 Å². The summed E-state index contributed by atoms with van der Waals surface area (Å²) in [7, 11) is 0. The van der Waals surface area contributed by atoms with Crippen LogP contribution in [-0.4, -0.2) is 15.4 Å². The molecule has 1 radical (unpaired) electrons. The van der Waals surface area contributed by atoms with Gasteiger partial charge in [-0.2, -0.15) is 0 Å². The van der Waals surface area contributed by atoms with Crippen LogP contribution in [0.1, 0.15) is 0 Å². The van der Waals surface area contributed by atoms with Gasteiger partial charge in [0.2, 0.25) is 0 Å². The Bertz CT molecular complexity index is 632.